The molecule has 3 nitrogen and oxygen atoms in total. The van der Waals surface area contributed by atoms with E-state index < -0.39 is 0 Å². The highest BCUT2D eigenvalue weighted by atomic mass is 16.1. The van der Waals surface area contributed by atoms with Gasteiger partial charge in [-0.2, -0.15) is 0 Å². The molecule has 0 amide bonds. The molecule has 0 spiro atoms. The fourth-order valence-electron chi connectivity index (χ4n) is 2.68. The Morgan fingerprint density at radius 2 is 1.43 bits per heavy atom. The minimum absolute atomic E-state index is 0.640. The molecule has 0 unspecified atom stereocenters. The first-order chi connectivity index (χ1) is 11.3. The molecule has 0 N–H and O–H groups in total. The fourth-order valence-corrected chi connectivity index (χ4v) is 2.68. The summed E-state index contributed by atoms with van der Waals surface area (Å²) in [7, 11) is 0. The molecule has 0 aliphatic carbocycles. The first kappa shape index (κ1) is 13.5. The summed E-state index contributed by atoms with van der Waals surface area (Å²) in [6.07, 6.45) is 4.57. The highest BCUT2D eigenvalue weighted by molar-refractivity contribution is 5.75. The van der Waals surface area contributed by atoms with Gasteiger partial charge in [-0.1, -0.05) is 54.6 Å². The molecule has 4 rings (SSSR count). The zero-order valence-corrected chi connectivity index (χ0v) is 12.4. The van der Waals surface area contributed by atoms with Crippen LogP contribution in [0.15, 0.2) is 79.1 Å². The van der Waals surface area contributed by atoms with Crippen molar-refractivity contribution in [2.45, 2.75) is 0 Å². The van der Waals surface area contributed by atoms with Gasteiger partial charge in [0.2, 0.25) is 0 Å². The average Bonchev–Trinajstić information content (AvgIpc) is 3.05. The van der Waals surface area contributed by atoms with Crippen LogP contribution in [-0.2, 0) is 0 Å². The van der Waals surface area contributed by atoms with E-state index in [0.29, 0.717) is 5.56 Å². The maximum Gasteiger partial charge on any atom is 0.151 e. The van der Waals surface area contributed by atoms with Crippen molar-refractivity contribution in [2.75, 3.05) is 0 Å². The summed E-state index contributed by atoms with van der Waals surface area (Å²) in [5.74, 6) is 0. The molecular weight excluding hydrogens is 284 g/mol. The first-order valence-electron chi connectivity index (χ1n) is 7.43. The molecule has 0 atom stereocenters. The third kappa shape index (κ3) is 2.53. The van der Waals surface area contributed by atoms with Gasteiger partial charge in [0.05, 0.1) is 5.69 Å². The number of aldehydes is 1. The number of imidazole rings is 1. The van der Waals surface area contributed by atoms with Crippen LogP contribution in [0.25, 0.3) is 28.0 Å². The van der Waals surface area contributed by atoms with Gasteiger partial charge < -0.3 is 4.40 Å². The second-order valence-corrected chi connectivity index (χ2v) is 5.42. The third-order valence-electron chi connectivity index (χ3n) is 3.90. The normalized spacial score (nSPS) is 10.8. The lowest BCUT2D eigenvalue weighted by Crippen LogP contribution is -1.86. The summed E-state index contributed by atoms with van der Waals surface area (Å²) in [6.45, 7) is 0. The summed E-state index contributed by atoms with van der Waals surface area (Å²) in [4.78, 5) is 15.5. The summed E-state index contributed by atoms with van der Waals surface area (Å²) in [6, 6.07) is 22.3. The first-order valence-corrected chi connectivity index (χ1v) is 7.43. The van der Waals surface area contributed by atoms with Gasteiger partial charge in [-0.15, -0.1) is 0 Å². The molecule has 0 aliphatic rings. The van der Waals surface area contributed by atoms with Crippen molar-refractivity contribution < 1.29 is 4.79 Å². The van der Waals surface area contributed by atoms with Gasteiger partial charge in [0.25, 0.3) is 0 Å². The molecule has 0 fully saturated rings. The number of nitrogens with zero attached hydrogens (tertiary/aromatic N) is 2. The number of hydrogen-bond donors (Lipinski definition) is 0. The molecule has 0 saturated heterocycles. The monoisotopic (exact) mass is 298 g/mol. The van der Waals surface area contributed by atoms with E-state index in [9.17, 15) is 4.79 Å². The average molecular weight is 298 g/mol. The minimum Gasteiger partial charge on any atom is -0.306 e. The van der Waals surface area contributed by atoms with E-state index in [1.807, 2.05) is 34.9 Å². The van der Waals surface area contributed by atoms with Gasteiger partial charge in [-0.05, 0) is 23.3 Å². The molecule has 0 saturated carbocycles. The van der Waals surface area contributed by atoms with Crippen LogP contribution in [-0.4, -0.2) is 15.7 Å². The molecule has 2 aromatic carbocycles. The predicted octanol–water partition coefficient (Wildman–Crippen LogP) is 4.48. The van der Waals surface area contributed by atoms with Crippen molar-refractivity contribution in [3.8, 4) is 22.4 Å². The lowest BCUT2D eigenvalue weighted by Gasteiger charge is -2.02. The van der Waals surface area contributed by atoms with Crippen molar-refractivity contribution in [2.24, 2.45) is 0 Å². The molecule has 4 aromatic rings. The maximum absolute atomic E-state index is 10.9. The summed E-state index contributed by atoms with van der Waals surface area (Å²) in [5, 5.41) is 0. The predicted molar refractivity (Wildman–Crippen MR) is 91.5 cm³/mol. The van der Waals surface area contributed by atoms with Gasteiger partial charge in [-0.25, -0.2) is 4.98 Å². The fraction of sp³-hybridized carbons (Fsp3) is 0. The number of hydrogen-bond acceptors (Lipinski definition) is 2. The van der Waals surface area contributed by atoms with Gasteiger partial charge in [-0.3, -0.25) is 4.79 Å². The largest absolute Gasteiger partial charge is 0.306 e. The molecule has 110 valence electrons. The van der Waals surface area contributed by atoms with E-state index in [-0.39, 0.29) is 0 Å². The Morgan fingerprint density at radius 3 is 2.17 bits per heavy atom. The quantitative estimate of drug-likeness (QED) is 0.523. The van der Waals surface area contributed by atoms with E-state index in [4.69, 9.17) is 0 Å². The van der Waals surface area contributed by atoms with Crippen molar-refractivity contribution in [3.05, 3.63) is 84.7 Å². The SMILES string of the molecule is O=Cc1ccc2nc(-c3ccc(-c4ccccc4)cc3)cn2c1. The molecule has 0 bridgehead atoms. The Hall–Kier alpha value is -3.20. The topological polar surface area (TPSA) is 34.4 Å². The van der Waals surface area contributed by atoms with Crippen LogP contribution in [0.4, 0.5) is 0 Å². The summed E-state index contributed by atoms with van der Waals surface area (Å²) >= 11 is 0. The number of aromatic nitrogens is 2. The Bertz CT molecular complexity index is 970. The van der Waals surface area contributed by atoms with E-state index in [2.05, 4.69) is 41.4 Å². The molecule has 0 aliphatic heterocycles. The molecule has 23 heavy (non-hydrogen) atoms. The third-order valence-corrected chi connectivity index (χ3v) is 3.90. The van der Waals surface area contributed by atoms with Crippen molar-refractivity contribution in [1.82, 2.24) is 9.38 Å². The van der Waals surface area contributed by atoms with E-state index in [1.165, 1.54) is 11.1 Å². The lowest BCUT2D eigenvalue weighted by molar-refractivity contribution is 0.112. The zero-order valence-electron chi connectivity index (χ0n) is 12.4. The summed E-state index contributed by atoms with van der Waals surface area (Å²) in [5.41, 5.74) is 5.80. The summed E-state index contributed by atoms with van der Waals surface area (Å²) < 4.78 is 1.88. The van der Waals surface area contributed by atoms with Gasteiger partial charge in [0.1, 0.15) is 5.65 Å². The number of rotatable bonds is 3. The standard InChI is InChI=1S/C20H14N2O/c23-14-15-6-11-20-21-19(13-22(20)12-15)18-9-7-17(8-10-18)16-4-2-1-3-5-16/h1-14H. The molecule has 2 heterocycles. The van der Waals surface area contributed by atoms with Crippen molar-refractivity contribution in [1.29, 1.82) is 0 Å². The highest BCUT2D eigenvalue weighted by Gasteiger charge is 2.05. The van der Waals surface area contributed by atoms with Crippen LogP contribution in [0.5, 0.6) is 0 Å². The Labute approximate surface area is 133 Å². The van der Waals surface area contributed by atoms with E-state index in [1.54, 1.807) is 12.3 Å². The van der Waals surface area contributed by atoms with E-state index >= 15 is 0 Å². The van der Waals surface area contributed by atoms with E-state index in [0.717, 1.165) is 23.2 Å². The van der Waals surface area contributed by atoms with Crippen LogP contribution in [0.3, 0.4) is 0 Å². The number of carbonyl (C=O) groups excluding carboxylic acids is 1. The van der Waals surface area contributed by atoms with Crippen molar-refractivity contribution in [3.63, 3.8) is 0 Å². The van der Waals surface area contributed by atoms with Gasteiger partial charge in [0, 0.05) is 23.5 Å². The van der Waals surface area contributed by atoms with Crippen LogP contribution in [0.1, 0.15) is 10.4 Å². The van der Waals surface area contributed by atoms with Crippen molar-refractivity contribution >= 4 is 11.9 Å². The van der Waals surface area contributed by atoms with Crippen LogP contribution < -0.4 is 0 Å². The van der Waals surface area contributed by atoms with Crippen LogP contribution >= 0.6 is 0 Å². The lowest BCUT2D eigenvalue weighted by atomic mass is 10.0. The Kier molecular flexibility index (Phi) is 3.24. The Balaban J connectivity index is 1.72. The molecule has 2 aromatic heterocycles. The number of carbonyl (C=O) groups is 1. The zero-order chi connectivity index (χ0) is 15.6. The maximum atomic E-state index is 10.9. The number of pyridine rings is 1. The molecular formula is C20H14N2O. The number of benzene rings is 2. The Morgan fingerprint density at radius 1 is 0.739 bits per heavy atom. The molecule has 3 heteroatoms. The number of fused-ring (bicyclic) bond motifs is 1. The smallest absolute Gasteiger partial charge is 0.151 e. The minimum atomic E-state index is 0.640. The van der Waals surface area contributed by atoms with Crippen LogP contribution in [0, 0.1) is 0 Å². The van der Waals surface area contributed by atoms with Crippen LogP contribution in [0.2, 0.25) is 0 Å². The highest BCUT2D eigenvalue weighted by Crippen LogP contribution is 2.24. The second kappa shape index (κ2) is 5.54. The van der Waals surface area contributed by atoms with Gasteiger partial charge >= 0.3 is 0 Å². The van der Waals surface area contributed by atoms with Gasteiger partial charge in [0.15, 0.2) is 6.29 Å². The second-order valence-electron chi connectivity index (χ2n) is 5.42. The molecule has 0 radical (unpaired) electrons.